The maximum absolute atomic E-state index is 10.7. The molecule has 0 atom stereocenters. The largest absolute Gasteiger partial charge is 0.507 e. The standard InChI is InChI=1S/C10H11ClO3/c1-5(2)7-3-6(11)4-8(9(7)12)10(13)14/h3-5,12H,1-2H3,(H,13,14). The maximum atomic E-state index is 10.7. The van der Waals surface area contributed by atoms with Crippen molar-refractivity contribution in [1.29, 1.82) is 0 Å². The second-order valence-corrected chi connectivity index (χ2v) is 3.79. The van der Waals surface area contributed by atoms with Crippen LogP contribution in [0.25, 0.3) is 0 Å². The molecule has 0 heterocycles. The van der Waals surface area contributed by atoms with Crippen LogP contribution < -0.4 is 0 Å². The summed E-state index contributed by atoms with van der Waals surface area (Å²) in [6.45, 7) is 3.72. The Bertz CT molecular complexity index is 372. The highest BCUT2D eigenvalue weighted by molar-refractivity contribution is 6.31. The number of hydrogen-bond donors (Lipinski definition) is 2. The molecule has 0 fully saturated rings. The lowest BCUT2D eigenvalue weighted by molar-refractivity contribution is 0.0693. The average molecular weight is 215 g/mol. The van der Waals surface area contributed by atoms with Crippen LogP contribution >= 0.6 is 11.6 Å². The van der Waals surface area contributed by atoms with Gasteiger partial charge in [0.05, 0.1) is 0 Å². The molecular weight excluding hydrogens is 204 g/mol. The zero-order valence-corrected chi connectivity index (χ0v) is 8.67. The molecule has 0 amide bonds. The van der Waals surface area contributed by atoms with Crippen LogP contribution in [0.15, 0.2) is 12.1 Å². The molecule has 0 bridgehead atoms. The van der Waals surface area contributed by atoms with Crippen molar-refractivity contribution < 1.29 is 15.0 Å². The summed E-state index contributed by atoms with van der Waals surface area (Å²) in [6.07, 6.45) is 0. The Balaban J connectivity index is 3.40. The van der Waals surface area contributed by atoms with Crippen LogP contribution in [0.5, 0.6) is 5.75 Å². The number of carboxylic acid groups (broad SMARTS) is 1. The monoisotopic (exact) mass is 214 g/mol. The van der Waals surface area contributed by atoms with Crippen LogP contribution in [0.3, 0.4) is 0 Å². The molecule has 0 radical (unpaired) electrons. The molecule has 1 aromatic rings. The third-order valence-corrected chi connectivity index (χ3v) is 2.17. The number of hydrogen-bond acceptors (Lipinski definition) is 2. The molecule has 1 rings (SSSR count). The highest BCUT2D eigenvalue weighted by atomic mass is 35.5. The second kappa shape index (κ2) is 3.88. The van der Waals surface area contributed by atoms with Gasteiger partial charge >= 0.3 is 5.97 Å². The summed E-state index contributed by atoms with van der Waals surface area (Å²) in [7, 11) is 0. The summed E-state index contributed by atoms with van der Waals surface area (Å²) in [6, 6.07) is 2.82. The number of carboxylic acids is 1. The van der Waals surface area contributed by atoms with Gasteiger partial charge in [-0.3, -0.25) is 0 Å². The molecule has 76 valence electrons. The minimum Gasteiger partial charge on any atom is -0.507 e. The minimum atomic E-state index is -1.17. The van der Waals surface area contributed by atoms with Gasteiger partial charge < -0.3 is 10.2 Å². The maximum Gasteiger partial charge on any atom is 0.339 e. The molecule has 0 unspecified atom stereocenters. The Labute approximate surface area is 86.9 Å². The van der Waals surface area contributed by atoms with Crippen molar-refractivity contribution >= 4 is 17.6 Å². The number of benzene rings is 1. The highest BCUT2D eigenvalue weighted by Gasteiger charge is 2.16. The van der Waals surface area contributed by atoms with Crippen molar-refractivity contribution in [2.24, 2.45) is 0 Å². The molecule has 0 saturated heterocycles. The fourth-order valence-electron chi connectivity index (χ4n) is 1.22. The fourth-order valence-corrected chi connectivity index (χ4v) is 1.45. The Morgan fingerprint density at radius 1 is 1.43 bits per heavy atom. The molecule has 0 aliphatic carbocycles. The van der Waals surface area contributed by atoms with E-state index >= 15 is 0 Å². The predicted molar refractivity (Wildman–Crippen MR) is 54.2 cm³/mol. The summed E-state index contributed by atoms with van der Waals surface area (Å²) in [4.78, 5) is 10.7. The fraction of sp³-hybridized carbons (Fsp3) is 0.300. The Morgan fingerprint density at radius 3 is 2.43 bits per heavy atom. The van der Waals surface area contributed by atoms with Crippen LogP contribution in [0.2, 0.25) is 5.02 Å². The second-order valence-electron chi connectivity index (χ2n) is 3.35. The molecule has 0 aliphatic heterocycles. The number of carbonyl (C=O) groups is 1. The van der Waals surface area contributed by atoms with Gasteiger partial charge in [0.15, 0.2) is 0 Å². The summed E-state index contributed by atoms with van der Waals surface area (Å²) < 4.78 is 0. The molecule has 0 saturated carbocycles. The van der Waals surface area contributed by atoms with Crippen molar-refractivity contribution in [2.45, 2.75) is 19.8 Å². The molecular formula is C10H11ClO3. The van der Waals surface area contributed by atoms with Gasteiger partial charge in [0.25, 0.3) is 0 Å². The van der Waals surface area contributed by atoms with Crippen molar-refractivity contribution in [2.75, 3.05) is 0 Å². The first kappa shape index (κ1) is 10.9. The lowest BCUT2D eigenvalue weighted by Crippen LogP contribution is -2.00. The quantitative estimate of drug-likeness (QED) is 0.796. The summed E-state index contributed by atoms with van der Waals surface area (Å²) in [5.41, 5.74) is 0.399. The molecule has 1 aromatic carbocycles. The number of phenols is 1. The Morgan fingerprint density at radius 2 is 2.00 bits per heavy atom. The van der Waals surface area contributed by atoms with E-state index in [0.29, 0.717) is 10.6 Å². The van der Waals surface area contributed by atoms with Crippen LogP contribution in [0, 0.1) is 0 Å². The van der Waals surface area contributed by atoms with E-state index in [1.165, 1.54) is 6.07 Å². The smallest absolute Gasteiger partial charge is 0.339 e. The van der Waals surface area contributed by atoms with Crippen LogP contribution in [-0.4, -0.2) is 16.2 Å². The van der Waals surface area contributed by atoms with E-state index in [9.17, 15) is 9.90 Å². The lowest BCUT2D eigenvalue weighted by Gasteiger charge is -2.10. The van der Waals surface area contributed by atoms with Crippen molar-refractivity contribution in [3.05, 3.63) is 28.3 Å². The van der Waals surface area contributed by atoms with Gasteiger partial charge in [0.2, 0.25) is 0 Å². The van der Waals surface area contributed by atoms with Crippen molar-refractivity contribution in [3.8, 4) is 5.75 Å². The summed E-state index contributed by atoms with van der Waals surface area (Å²) >= 11 is 5.74. The van der Waals surface area contributed by atoms with Crippen LogP contribution in [0.4, 0.5) is 0 Å². The topological polar surface area (TPSA) is 57.5 Å². The zero-order chi connectivity index (χ0) is 10.9. The van der Waals surface area contributed by atoms with Crippen molar-refractivity contribution in [3.63, 3.8) is 0 Å². The number of rotatable bonds is 2. The normalized spacial score (nSPS) is 10.6. The Kier molecular flexibility index (Phi) is 3.01. The first-order valence-electron chi connectivity index (χ1n) is 4.19. The molecule has 0 aromatic heterocycles. The third-order valence-electron chi connectivity index (χ3n) is 1.96. The average Bonchev–Trinajstić information content (AvgIpc) is 2.07. The van der Waals surface area contributed by atoms with Gasteiger partial charge in [-0.05, 0) is 23.6 Å². The third kappa shape index (κ3) is 1.99. The van der Waals surface area contributed by atoms with E-state index in [1.54, 1.807) is 6.07 Å². The van der Waals surface area contributed by atoms with Crippen molar-refractivity contribution in [1.82, 2.24) is 0 Å². The SMILES string of the molecule is CC(C)c1cc(Cl)cc(C(=O)O)c1O. The van der Waals surface area contributed by atoms with Gasteiger partial charge in [-0.15, -0.1) is 0 Å². The van der Waals surface area contributed by atoms with E-state index in [2.05, 4.69) is 0 Å². The predicted octanol–water partition coefficient (Wildman–Crippen LogP) is 2.87. The summed E-state index contributed by atoms with van der Waals surface area (Å²) in [5, 5.41) is 18.7. The van der Waals surface area contributed by atoms with Gasteiger partial charge in [0, 0.05) is 5.02 Å². The van der Waals surface area contributed by atoms with Gasteiger partial charge in [-0.2, -0.15) is 0 Å². The lowest BCUT2D eigenvalue weighted by atomic mass is 9.99. The van der Waals surface area contributed by atoms with E-state index in [-0.39, 0.29) is 17.2 Å². The van der Waals surface area contributed by atoms with Crippen LogP contribution in [-0.2, 0) is 0 Å². The zero-order valence-electron chi connectivity index (χ0n) is 7.91. The first-order chi connectivity index (χ1) is 6.43. The number of aromatic carboxylic acids is 1. The van der Waals surface area contributed by atoms with Crippen LogP contribution in [0.1, 0.15) is 35.7 Å². The van der Waals surface area contributed by atoms with Gasteiger partial charge in [0.1, 0.15) is 11.3 Å². The van der Waals surface area contributed by atoms with E-state index in [4.69, 9.17) is 16.7 Å². The molecule has 3 nitrogen and oxygen atoms in total. The molecule has 0 spiro atoms. The Hall–Kier alpha value is -1.22. The summed E-state index contributed by atoms with van der Waals surface area (Å²) in [5.74, 6) is -1.34. The van der Waals surface area contributed by atoms with E-state index < -0.39 is 5.97 Å². The molecule has 4 heteroatoms. The number of halogens is 1. The number of aromatic hydroxyl groups is 1. The molecule has 0 aliphatic rings. The van der Waals surface area contributed by atoms with E-state index in [0.717, 1.165) is 0 Å². The van der Waals surface area contributed by atoms with Gasteiger partial charge in [-0.25, -0.2) is 4.79 Å². The first-order valence-corrected chi connectivity index (χ1v) is 4.57. The minimum absolute atomic E-state index is 0.0341. The van der Waals surface area contributed by atoms with E-state index in [1.807, 2.05) is 13.8 Å². The molecule has 2 N–H and O–H groups in total. The highest BCUT2D eigenvalue weighted by Crippen LogP contribution is 2.32. The van der Waals surface area contributed by atoms with Gasteiger partial charge in [-0.1, -0.05) is 25.4 Å². The molecule has 14 heavy (non-hydrogen) atoms.